The largest absolute Gasteiger partial charge is 0.494 e. The molecule has 0 radical (unpaired) electrons. The lowest BCUT2D eigenvalue weighted by molar-refractivity contribution is -0.122. The smallest absolute Gasteiger partial charge is 0.234 e. The molecule has 0 bridgehead atoms. The van der Waals surface area contributed by atoms with E-state index in [-0.39, 0.29) is 11.9 Å². The van der Waals surface area contributed by atoms with Crippen molar-refractivity contribution < 1.29 is 9.53 Å². The second-order valence-electron chi connectivity index (χ2n) is 5.51. The van der Waals surface area contributed by atoms with Gasteiger partial charge in [-0.25, -0.2) is 0 Å². The SMILES string of the molecule is CC(C)NC(=O)CN(C)CCCOc1ccc(CN)cc1. The molecular weight excluding hydrogens is 266 g/mol. The van der Waals surface area contributed by atoms with Crippen LogP contribution in [0.2, 0.25) is 0 Å². The van der Waals surface area contributed by atoms with Gasteiger partial charge in [0.2, 0.25) is 5.91 Å². The van der Waals surface area contributed by atoms with Gasteiger partial charge in [0.25, 0.3) is 0 Å². The Labute approximate surface area is 127 Å². The molecule has 3 N–H and O–H groups in total. The average Bonchev–Trinajstić information content (AvgIpc) is 2.43. The Hall–Kier alpha value is -1.59. The number of amides is 1. The molecule has 1 aromatic rings. The number of hydrogen-bond donors (Lipinski definition) is 2. The van der Waals surface area contributed by atoms with Gasteiger partial charge in [-0.2, -0.15) is 0 Å². The molecule has 5 heteroatoms. The molecule has 1 aromatic carbocycles. The highest BCUT2D eigenvalue weighted by Gasteiger charge is 2.07. The van der Waals surface area contributed by atoms with Gasteiger partial charge < -0.3 is 15.8 Å². The Balaban J connectivity index is 2.16. The summed E-state index contributed by atoms with van der Waals surface area (Å²) in [6, 6.07) is 7.99. The second-order valence-corrected chi connectivity index (χ2v) is 5.51. The van der Waals surface area contributed by atoms with E-state index in [4.69, 9.17) is 10.5 Å². The van der Waals surface area contributed by atoms with Crippen LogP contribution in [-0.2, 0) is 11.3 Å². The minimum atomic E-state index is 0.0609. The predicted octanol–water partition coefficient (Wildman–Crippen LogP) is 1.37. The number of ether oxygens (including phenoxy) is 1. The van der Waals surface area contributed by atoms with Crippen molar-refractivity contribution in [2.24, 2.45) is 5.73 Å². The lowest BCUT2D eigenvalue weighted by Crippen LogP contribution is -2.39. The summed E-state index contributed by atoms with van der Waals surface area (Å²) >= 11 is 0. The van der Waals surface area contributed by atoms with Crippen molar-refractivity contribution in [2.45, 2.75) is 32.9 Å². The average molecular weight is 293 g/mol. The number of likely N-dealkylation sites (N-methyl/N-ethyl adjacent to an activating group) is 1. The number of nitrogens with two attached hydrogens (primary N) is 1. The zero-order valence-electron chi connectivity index (χ0n) is 13.3. The fourth-order valence-corrected chi connectivity index (χ4v) is 1.94. The monoisotopic (exact) mass is 293 g/mol. The molecule has 0 aliphatic rings. The van der Waals surface area contributed by atoms with Crippen LogP contribution in [0.15, 0.2) is 24.3 Å². The fraction of sp³-hybridized carbons (Fsp3) is 0.562. The maximum Gasteiger partial charge on any atom is 0.234 e. The molecule has 0 heterocycles. The van der Waals surface area contributed by atoms with Crippen LogP contribution in [0.3, 0.4) is 0 Å². The van der Waals surface area contributed by atoms with Gasteiger partial charge in [0, 0.05) is 19.1 Å². The van der Waals surface area contributed by atoms with E-state index in [1.54, 1.807) is 0 Å². The minimum Gasteiger partial charge on any atom is -0.494 e. The van der Waals surface area contributed by atoms with E-state index in [1.807, 2.05) is 50.1 Å². The van der Waals surface area contributed by atoms with Gasteiger partial charge in [0.15, 0.2) is 0 Å². The molecule has 0 saturated heterocycles. The summed E-state index contributed by atoms with van der Waals surface area (Å²) in [7, 11) is 1.94. The van der Waals surface area contributed by atoms with Gasteiger partial charge in [-0.05, 0) is 45.0 Å². The van der Waals surface area contributed by atoms with Crippen LogP contribution in [0.1, 0.15) is 25.8 Å². The first-order valence-corrected chi connectivity index (χ1v) is 7.41. The molecule has 0 fully saturated rings. The number of rotatable bonds is 9. The maximum atomic E-state index is 11.6. The van der Waals surface area contributed by atoms with Crippen LogP contribution in [0, 0.1) is 0 Å². The lowest BCUT2D eigenvalue weighted by atomic mass is 10.2. The molecule has 118 valence electrons. The molecule has 0 saturated carbocycles. The standard InChI is InChI=1S/C16H27N3O2/c1-13(2)18-16(20)12-19(3)9-4-10-21-15-7-5-14(11-17)6-8-15/h5-8,13H,4,9-12,17H2,1-3H3,(H,18,20). The maximum absolute atomic E-state index is 11.6. The van der Waals surface area contributed by atoms with Crippen LogP contribution >= 0.6 is 0 Å². The normalized spacial score (nSPS) is 11.0. The first-order valence-electron chi connectivity index (χ1n) is 7.41. The molecule has 0 atom stereocenters. The minimum absolute atomic E-state index is 0.0609. The number of nitrogens with one attached hydrogen (secondary N) is 1. The molecule has 0 unspecified atom stereocenters. The molecule has 21 heavy (non-hydrogen) atoms. The molecule has 1 rings (SSSR count). The highest BCUT2D eigenvalue weighted by Crippen LogP contribution is 2.11. The summed E-state index contributed by atoms with van der Waals surface area (Å²) in [5, 5.41) is 2.88. The van der Waals surface area contributed by atoms with E-state index < -0.39 is 0 Å². The predicted molar refractivity (Wildman–Crippen MR) is 85.2 cm³/mol. The van der Waals surface area contributed by atoms with E-state index in [0.717, 1.165) is 24.3 Å². The van der Waals surface area contributed by atoms with Gasteiger partial charge in [0.05, 0.1) is 13.2 Å². The zero-order chi connectivity index (χ0) is 15.7. The van der Waals surface area contributed by atoms with Crippen LogP contribution < -0.4 is 15.8 Å². The molecule has 0 aliphatic heterocycles. The summed E-state index contributed by atoms with van der Waals surface area (Å²) in [4.78, 5) is 13.6. The van der Waals surface area contributed by atoms with Gasteiger partial charge in [-0.15, -0.1) is 0 Å². The second kappa shape index (κ2) is 9.37. The van der Waals surface area contributed by atoms with E-state index in [9.17, 15) is 4.79 Å². The van der Waals surface area contributed by atoms with Crippen molar-refractivity contribution >= 4 is 5.91 Å². The molecule has 0 aliphatic carbocycles. The van der Waals surface area contributed by atoms with Gasteiger partial charge in [0.1, 0.15) is 5.75 Å². The summed E-state index contributed by atoms with van der Waals surface area (Å²) in [6.07, 6.45) is 0.879. The number of carbonyl (C=O) groups excluding carboxylic acids is 1. The van der Waals surface area contributed by atoms with Crippen molar-refractivity contribution in [3.8, 4) is 5.75 Å². The summed E-state index contributed by atoms with van der Waals surface area (Å²) in [6.45, 7) is 6.35. The Kier molecular flexibility index (Phi) is 7.79. The molecule has 5 nitrogen and oxygen atoms in total. The van der Waals surface area contributed by atoms with Crippen molar-refractivity contribution in [3.63, 3.8) is 0 Å². The quantitative estimate of drug-likeness (QED) is 0.675. The van der Waals surface area contributed by atoms with Gasteiger partial charge in [-0.1, -0.05) is 12.1 Å². The van der Waals surface area contributed by atoms with Crippen molar-refractivity contribution in [1.82, 2.24) is 10.2 Å². The van der Waals surface area contributed by atoms with Crippen LogP contribution in [0.4, 0.5) is 0 Å². The summed E-state index contributed by atoms with van der Waals surface area (Å²) in [5.41, 5.74) is 6.64. The van der Waals surface area contributed by atoms with Crippen molar-refractivity contribution in [3.05, 3.63) is 29.8 Å². The lowest BCUT2D eigenvalue weighted by Gasteiger charge is -2.17. The van der Waals surface area contributed by atoms with Crippen molar-refractivity contribution in [1.29, 1.82) is 0 Å². The highest BCUT2D eigenvalue weighted by atomic mass is 16.5. The summed E-state index contributed by atoms with van der Waals surface area (Å²) < 4.78 is 5.66. The third-order valence-electron chi connectivity index (χ3n) is 2.98. The third kappa shape index (κ3) is 7.68. The first kappa shape index (κ1) is 17.5. The van der Waals surface area contributed by atoms with E-state index in [0.29, 0.717) is 19.7 Å². The Morgan fingerprint density at radius 3 is 2.57 bits per heavy atom. The Morgan fingerprint density at radius 1 is 1.33 bits per heavy atom. The van der Waals surface area contributed by atoms with E-state index in [2.05, 4.69) is 5.32 Å². The van der Waals surface area contributed by atoms with Crippen LogP contribution in [0.5, 0.6) is 5.75 Å². The van der Waals surface area contributed by atoms with E-state index >= 15 is 0 Å². The summed E-state index contributed by atoms with van der Waals surface area (Å²) in [5.74, 6) is 0.915. The number of benzene rings is 1. The number of hydrogen-bond acceptors (Lipinski definition) is 4. The number of carbonyl (C=O) groups is 1. The topological polar surface area (TPSA) is 67.6 Å². The first-order chi connectivity index (χ1) is 10.0. The van der Waals surface area contributed by atoms with Crippen LogP contribution in [-0.4, -0.2) is 43.6 Å². The molecule has 0 aromatic heterocycles. The fourth-order valence-electron chi connectivity index (χ4n) is 1.94. The van der Waals surface area contributed by atoms with E-state index in [1.165, 1.54) is 0 Å². The van der Waals surface area contributed by atoms with Gasteiger partial charge in [-0.3, -0.25) is 9.69 Å². The Bertz CT molecular complexity index is 418. The third-order valence-corrected chi connectivity index (χ3v) is 2.98. The molecular formula is C16H27N3O2. The number of nitrogens with zero attached hydrogens (tertiary/aromatic N) is 1. The Morgan fingerprint density at radius 2 is 2.00 bits per heavy atom. The molecule has 1 amide bonds. The van der Waals surface area contributed by atoms with Crippen LogP contribution in [0.25, 0.3) is 0 Å². The van der Waals surface area contributed by atoms with Crippen molar-refractivity contribution in [2.75, 3.05) is 26.7 Å². The molecule has 0 spiro atoms. The van der Waals surface area contributed by atoms with Gasteiger partial charge >= 0.3 is 0 Å². The zero-order valence-corrected chi connectivity index (χ0v) is 13.3. The highest BCUT2D eigenvalue weighted by molar-refractivity contribution is 5.78.